The van der Waals surface area contributed by atoms with Gasteiger partial charge in [-0.3, -0.25) is 4.79 Å². The summed E-state index contributed by atoms with van der Waals surface area (Å²) in [5.41, 5.74) is 1.85. The standard InChI is InChI=1S/C27H28O6S/c1-30-24-12-8-22(9-13-24)27(21-6-4-3-5-7-21,23-10-14-25(31-2)15-11-23)33-18-17-32-20-26(29)34-19-16-28/h3-16H,17-20H2,1-2H3. The predicted octanol–water partition coefficient (Wildman–Crippen LogP) is 4.49. The van der Waals surface area contributed by atoms with E-state index in [0.29, 0.717) is 6.29 Å². The third-order valence-corrected chi connectivity index (χ3v) is 5.99. The van der Waals surface area contributed by atoms with Crippen LogP contribution in [-0.2, 0) is 24.7 Å². The van der Waals surface area contributed by atoms with Crippen LogP contribution in [0, 0.1) is 0 Å². The number of thioether (sulfide) groups is 1. The average molecular weight is 481 g/mol. The molecule has 0 radical (unpaired) electrons. The number of rotatable bonds is 13. The topological polar surface area (TPSA) is 71.1 Å². The minimum atomic E-state index is -0.931. The molecule has 0 saturated heterocycles. The summed E-state index contributed by atoms with van der Waals surface area (Å²) in [5, 5.41) is -0.188. The molecule has 0 aromatic heterocycles. The van der Waals surface area contributed by atoms with E-state index in [4.69, 9.17) is 18.9 Å². The van der Waals surface area contributed by atoms with E-state index in [0.717, 1.165) is 40.0 Å². The number of benzene rings is 3. The van der Waals surface area contributed by atoms with Crippen molar-refractivity contribution in [2.45, 2.75) is 5.60 Å². The van der Waals surface area contributed by atoms with Crippen molar-refractivity contribution in [1.29, 1.82) is 0 Å². The van der Waals surface area contributed by atoms with Crippen molar-refractivity contribution in [1.82, 2.24) is 0 Å². The lowest BCUT2D eigenvalue weighted by Gasteiger charge is -2.36. The first kappa shape index (κ1) is 25.5. The van der Waals surface area contributed by atoms with Gasteiger partial charge < -0.3 is 23.7 Å². The van der Waals surface area contributed by atoms with Gasteiger partial charge in [0.1, 0.15) is 30.0 Å². The molecule has 6 nitrogen and oxygen atoms in total. The summed E-state index contributed by atoms with van der Waals surface area (Å²) in [5.74, 6) is 1.62. The van der Waals surface area contributed by atoms with Gasteiger partial charge in [0, 0.05) is 0 Å². The fourth-order valence-corrected chi connectivity index (χ4v) is 4.07. The summed E-state index contributed by atoms with van der Waals surface area (Å²) in [6.45, 7) is 0.373. The van der Waals surface area contributed by atoms with E-state index in [1.54, 1.807) is 14.2 Å². The largest absolute Gasteiger partial charge is 0.497 e. The first-order chi connectivity index (χ1) is 16.6. The van der Waals surface area contributed by atoms with Crippen molar-refractivity contribution in [3.63, 3.8) is 0 Å². The molecular weight excluding hydrogens is 452 g/mol. The quantitative estimate of drug-likeness (QED) is 0.203. The second-order valence-corrected chi connectivity index (χ2v) is 8.33. The highest BCUT2D eigenvalue weighted by molar-refractivity contribution is 8.14. The van der Waals surface area contributed by atoms with Gasteiger partial charge in [-0.1, -0.05) is 66.4 Å². The zero-order valence-electron chi connectivity index (χ0n) is 19.3. The minimum Gasteiger partial charge on any atom is -0.497 e. The fraction of sp³-hybridized carbons (Fsp3) is 0.259. The van der Waals surface area contributed by atoms with Gasteiger partial charge in [0.15, 0.2) is 0 Å². The molecule has 34 heavy (non-hydrogen) atoms. The maximum atomic E-state index is 11.8. The zero-order valence-corrected chi connectivity index (χ0v) is 20.1. The van der Waals surface area contributed by atoms with Crippen molar-refractivity contribution < 1.29 is 28.5 Å². The maximum absolute atomic E-state index is 11.8. The van der Waals surface area contributed by atoms with E-state index < -0.39 is 5.60 Å². The molecule has 0 aliphatic rings. The van der Waals surface area contributed by atoms with Crippen LogP contribution in [0.4, 0.5) is 0 Å². The van der Waals surface area contributed by atoms with Gasteiger partial charge in [-0.25, -0.2) is 0 Å². The van der Waals surface area contributed by atoms with Gasteiger partial charge in [0.25, 0.3) is 0 Å². The number of ether oxygens (including phenoxy) is 4. The summed E-state index contributed by atoms with van der Waals surface area (Å²) >= 11 is 0.941. The fourth-order valence-electron chi connectivity index (χ4n) is 3.65. The number of aldehydes is 1. The maximum Gasteiger partial charge on any atom is 0.215 e. The molecule has 0 spiro atoms. The highest BCUT2D eigenvalue weighted by Crippen LogP contribution is 2.41. The van der Waals surface area contributed by atoms with Crippen LogP contribution in [-0.4, -0.2) is 51.2 Å². The summed E-state index contributed by atoms with van der Waals surface area (Å²) < 4.78 is 22.8. The van der Waals surface area contributed by atoms with Crippen molar-refractivity contribution in [3.05, 3.63) is 95.6 Å². The smallest absolute Gasteiger partial charge is 0.215 e. The minimum absolute atomic E-state index is 0.0781. The Morgan fingerprint density at radius 3 is 1.82 bits per heavy atom. The van der Waals surface area contributed by atoms with E-state index in [1.165, 1.54) is 0 Å². The lowest BCUT2D eigenvalue weighted by Crippen LogP contribution is -2.34. The molecule has 178 valence electrons. The third kappa shape index (κ3) is 6.26. The predicted molar refractivity (Wildman–Crippen MR) is 133 cm³/mol. The molecule has 0 heterocycles. The molecule has 0 unspecified atom stereocenters. The van der Waals surface area contributed by atoms with Crippen molar-refractivity contribution in [2.75, 3.05) is 39.8 Å². The van der Waals surface area contributed by atoms with Crippen LogP contribution in [0.25, 0.3) is 0 Å². The Kier molecular flexibility index (Phi) is 9.70. The number of hydrogen-bond acceptors (Lipinski definition) is 7. The number of hydrogen-bond donors (Lipinski definition) is 0. The molecule has 7 heteroatoms. The monoisotopic (exact) mass is 480 g/mol. The van der Waals surface area contributed by atoms with Crippen LogP contribution in [0.1, 0.15) is 16.7 Å². The molecule has 0 aliphatic heterocycles. The van der Waals surface area contributed by atoms with E-state index >= 15 is 0 Å². The van der Waals surface area contributed by atoms with Crippen LogP contribution in [0.3, 0.4) is 0 Å². The van der Waals surface area contributed by atoms with Gasteiger partial charge in [-0.15, -0.1) is 0 Å². The van der Waals surface area contributed by atoms with Gasteiger partial charge in [-0.2, -0.15) is 0 Å². The molecule has 0 bridgehead atoms. The molecule has 0 N–H and O–H groups in total. The van der Waals surface area contributed by atoms with E-state index in [-0.39, 0.29) is 30.7 Å². The number of carbonyl (C=O) groups is 2. The van der Waals surface area contributed by atoms with E-state index in [9.17, 15) is 9.59 Å². The SMILES string of the molecule is COc1ccc(C(OCCOCC(=O)SCC=O)(c2ccccc2)c2ccc(OC)cc2)cc1. The Morgan fingerprint density at radius 1 is 0.794 bits per heavy atom. The van der Waals surface area contributed by atoms with E-state index in [2.05, 4.69) is 0 Å². The normalized spacial score (nSPS) is 11.1. The van der Waals surface area contributed by atoms with Crippen molar-refractivity contribution in [2.24, 2.45) is 0 Å². The summed E-state index contributed by atoms with van der Waals surface area (Å²) in [6, 6.07) is 25.5. The lowest BCUT2D eigenvalue weighted by atomic mass is 9.80. The zero-order chi connectivity index (χ0) is 24.2. The Bertz CT molecular complexity index is 987. The Hall–Kier alpha value is -3.13. The number of carbonyl (C=O) groups excluding carboxylic acids is 2. The molecule has 0 amide bonds. The van der Waals surface area contributed by atoms with Gasteiger partial charge in [-0.05, 0) is 41.0 Å². The third-order valence-electron chi connectivity index (χ3n) is 5.25. The van der Waals surface area contributed by atoms with Crippen LogP contribution < -0.4 is 9.47 Å². The molecule has 0 aliphatic carbocycles. The second-order valence-electron chi connectivity index (χ2n) is 7.25. The summed E-state index contributed by atoms with van der Waals surface area (Å²) in [7, 11) is 3.26. The molecule has 0 atom stereocenters. The molecule has 0 saturated carbocycles. The molecular formula is C27H28O6S. The van der Waals surface area contributed by atoms with Crippen LogP contribution in [0.2, 0.25) is 0 Å². The Labute approximate surface area is 204 Å². The summed E-state index contributed by atoms with van der Waals surface area (Å²) in [6.07, 6.45) is 0.698. The first-order valence-corrected chi connectivity index (χ1v) is 11.8. The molecule has 3 aromatic carbocycles. The van der Waals surface area contributed by atoms with Gasteiger partial charge in [0.05, 0.1) is 33.2 Å². The Morgan fingerprint density at radius 2 is 1.32 bits per heavy atom. The van der Waals surface area contributed by atoms with Crippen molar-refractivity contribution in [3.8, 4) is 11.5 Å². The van der Waals surface area contributed by atoms with Crippen LogP contribution >= 0.6 is 11.8 Å². The molecule has 3 rings (SSSR count). The average Bonchev–Trinajstić information content (AvgIpc) is 2.90. The van der Waals surface area contributed by atoms with E-state index in [1.807, 2.05) is 78.9 Å². The highest BCUT2D eigenvalue weighted by atomic mass is 32.2. The first-order valence-electron chi connectivity index (χ1n) is 10.8. The molecule has 0 fully saturated rings. The van der Waals surface area contributed by atoms with Gasteiger partial charge in [0.2, 0.25) is 5.12 Å². The van der Waals surface area contributed by atoms with Crippen LogP contribution in [0.5, 0.6) is 11.5 Å². The lowest BCUT2D eigenvalue weighted by molar-refractivity contribution is -0.116. The number of methoxy groups -OCH3 is 2. The highest BCUT2D eigenvalue weighted by Gasteiger charge is 2.37. The second kappa shape index (κ2) is 12.9. The molecule has 3 aromatic rings. The van der Waals surface area contributed by atoms with Crippen molar-refractivity contribution >= 4 is 23.2 Å². The van der Waals surface area contributed by atoms with Crippen LogP contribution in [0.15, 0.2) is 78.9 Å². The summed E-state index contributed by atoms with van der Waals surface area (Å²) in [4.78, 5) is 22.2. The Balaban J connectivity index is 1.94. The van der Waals surface area contributed by atoms with Gasteiger partial charge >= 0.3 is 0 Å².